The third-order valence-corrected chi connectivity index (χ3v) is 3.47. The number of hydrogen-bond donors (Lipinski definition) is 4. The highest BCUT2D eigenvalue weighted by Gasteiger charge is 2.44. The highest BCUT2D eigenvalue weighted by molar-refractivity contribution is 6.30. The molecule has 2 aromatic rings. The second-order valence-corrected chi connectivity index (χ2v) is 4.86. The molecule has 10 heteroatoms. The van der Waals surface area contributed by atoms with Crippen LogP contribution in [0.3, 0.4) is 0 Å². The summed E-state index contributed by atoms with van der Waals surface area (Å²) in [4.78, 5) is 17.9. The summed E-state index contributed by atoms with van der Waals surface area (Å²) in [6.45, 7) is -0.664. The lowest BCUT2D eigenvalue weighted by Crippen LogP contribution is -2.49. The standard InChI is InChI=1S/C13H14ClFN4O4/c1-23-8(6-20)9(21)13(15,3-4-14)19-5-2-7-10(19)17-12(16)18-11(7)22/h2,5,8-9,20-21H,6H2,1H3,(H3,16,17,18,22). The lowest BCUT2D eigenvalue weighted by Gasteiger charge is -2.31. The van der Waals surface area contributed by atoms with Crippen molar-refractivity contribution < 1.29 is 19.3 Å². The average Bonchev–Trinajstić information content (AvgIpc) is 2.93. The molecule has 5 N–H and O–H groups in total. The molecule has 23 heavy (non-hydrogen) atoms. The van der Waals surface area contributed by atoms with Gasteiger partial charge in [0.15, 0.2) is 5.65 Å². The zero-order valence-electron chi connectivity index (χ0n) is 12.0. The zero-order chi connectivity index (χ0) is 17.2. The highest BCUT2D eigenvalue weighted by atomic mass is 35.5. The molecular formula is C13H14ClFN4O4. The van der Waals surface area contributed by atoms with E-state index in [1.807, 2.05) is 11.3 Å². The summed E-state index contributed by atoms with van der Waals surface area (Å²) in [6.07, 6.45) is -2.03. The van der Waals surface area contributed by atoms with Crippen molar-refractivity contribution in [2.75, 3.05) is 19.5 Å². The molecule has 0 aromatic carbocycles. The molecular weight excluding hydrogens is 331 g/mol. The van der Waals surface area contributed by atoms with E-state index in [2.05, 4.69) is 9.97 Å². The maximum Gasteiger partial charge on any atom is 0.279 e. The first kappa shape index (κ1) is 17.2. The molecule has 0 saturated carbocycles. The number of rotatable bonds is 5. The number of nitrogens with one attached hydrogen (secondary N) is 1. The highest BCUT2D eigenvalue weighted by Crippen LogP contribution is 2.29. The fourth-order valence-electron chi connectivity index (χ4n) is 2.20. The Morgan fingerprint density at radius 2 is 2.39 bits per heavy atom. The Bertz CT molecular complexity index is 823. The van der Waals surface area contributed by atoms with Gasteiger partial charge >= 0.3 is 0 Å². The van der Waals surface area contributed by atoms with Crippen molar-refractivity contribution in [1.82, 2.24) is 14.5 Å². The molecule has 0 aliphatic rings. The number of hydrogen-bond acceptors (Lipinski definition) is 6. The number of halogens is 2. The van der Waals surface area contributed by atoms with Gasteiger partial charge in [-0.3, -0.25) is 14.3 Å². The van der Waals surface area contributed by atoms with Gasteiger partial charge in [-0.05, 0) is 23.6 Å². The van der Waals surface area contributed by atoms with Gasteiger partial charge < -0.3 is 20.7 Å². The van der Waals surface area contributed by atoms with Crippen LogP contribution < -0.4 is 11.3 Å². The Morgan fingerprint density at radius 1 is 1.70 bits per heavy atom. The van der Waals surface area contributed by atoms with Crippen LogP contribution in [-0.2, 0) is 10.5 Å². The van der Waals surface area contributed by atoms with Crippen molar-refractivity contribution in [2.45, 2.75) is 18.0 Å². The average molecular weight is 345 g/mol. The second-order valence-electron chi connectivity index (χ2n) is 4.67. The molecule has 2 aromatic heterocycles. The third kappa shape index (κ3) is 2.89. The van der Waals surface area contributed by atoms with Gasteiger partial charge in [0.2, 0.25) is 5.95 Å². The molecule has 2 rings (SSSR count). The second kappa shape index (κ2) is 6.55. The molecule has 3 atom stereocenters. The molecule has 0 spiro atoms. The monoisotopic (exact) mass is 344 g/mol. The molecule has 3 unspecified atom stereocenters. The van der Waals surface area contributed by atoms with Crippen LogP contribution in [0.25, 0.3) is 11.0 Å². The number of aromatic amines is 1. The number of H-pyrrole nitrogens is 1. The van der Waals surface area contributed by atoms with E-state index in [9.17, 15) is 15.0 Å². The number of anilines is 1. The number of nitrogens with two attached hydrogens (primary N) is 1. The van der Waals surface area contributed by atoms with Crippen LogP contribution in [0.2, 0.25) is 0 Å². The van der Waals surface area contributed by atoms with Crippen LogP contribution >= 0.6 is 11.6 Å². The van der Waals surface area contributed by atoms with Gasteiger partial charge in [0.05, 0.1) is 12.0 Å². The fourth-order valence-corrected chi connectivity index (χ4v) is 2.33. The topological polar surface area (TPSA) is 126 Å². The molecule has 124 valence electrons. The van der Waals surface area contributed by atoms with E-state index in [0.29, 0.717) is 0 Å². The number of aromatic nitrogens is 3. The van der Waals surface area contributed by atoms with E-state index in [1.54, 1.807) is 0 Å². The zero-order valence-corrected chi connectivity index (χ0v) is 12.7. The lowest BCUT2D eigenvalue weighted by atomic mass is 10.0. The number of ether oxygens (including phenoxy) is 1. The van der Waals surface area contributed by atoms with Crippen LogP contribution in [0.5, 0.6) is 0 Å². The van der Waals surface area contributed by atoms with Crippen LogP contribution in [0.4, 0.5) is 10.3 Å². The number of aliphatic hydroxyl groups excluding tert-OH is 2. The molecule has 0 bridgehead atoms. The number of methoxy groups -OCH3 is 1. The maximum atomic E-state index is 15.4. The minimum Gasteiger partial charge on any atom is -0.394 e. The summed E-state index contributed by atoms with van der Waals surface area (Å²) in [5.41, 5.74) is 4.75. The van der Waals surface area contributed by atoms with Gasteiger partial charge in [0.25, 0.3) is 11.4 Å². The Morgan fingerprint density at radius 3 is 2.96 bits per heavy atom. The molecule has 0 saturated heterocycles. The van der Waals surface area contributed by atoms with E-state index < -0.39 is 30.2 Å². The number of nitrogen functional groups attached to an aromatic ring is 1. The van der Waals surface area contributed by atoms with Crippen molar-refractivity contribution >= 4 is 28.6 Å². The number of alkyl halides is 1. The first-order valence-electron chi connectivity index (χ1n) is 6.39. The van der Waals surface area contributed by atoms with Crippen molar-refractivity contribution in [3.05, 3.63) is 22.6 Å². The number of aliphatic hydroxyl groups is 2. The summed E-state index contributed by atoms with van der Waals surface area (Å²) < 4.78 is 21.1. The smallest absolute Gasteiger partial charge is 0.279 e. The minimum absolute atomic E-state index is 0.0442. The number of fused-ring (bicyclic) bond motifs is 1. The molecule has 8 nitrogen and oxygen atoms in total. The maximum absolute atomic E-state index is 15.4. The van der Waals surface area contributed by atoms with Crippen molar-refractivity contribution in [2.24, 2.45) is 0 Å². The Kier molecular flexibility index (Phi) is 4.91. The minimum atomic E-state index is -2.81. The Balaban J connectivity index is 2.71. The summed E-state index contributed by atoms with van der Waals surface area (Å²) in [5.74, 6) is -1.02. The third-order valence-electron chi connectivity index (χ3n) is 3.37. The van der Waals surface area contributed by atoms with E-state index in [0.717, 1.165) is 4.57 Å². The van der Waals surface area contributed by atoms with Gasteiger partial charge in [-0.25, -0.2) is 4.39 Å². The summed E-state index contributed by atoms with van der Waals surface area (Å²) in [6, 6.07) is 1.29. The largest absolute Gasteiger partial charge is 0.394 e. The van der Waals surface area contributed by atoms with Crippen LogP contribution in [0.15, 0.2) is 17.1 Å². The molecule has 0 amide bonds. The fraction of sp³-hybridized carbons (Fsp3) is 0.385. The summed E-state index contributed by atoms with van der Waals surface area (Å²) in [7, 11) is 1.19. The number of nitrogens with zero attached hydrogens (tertiary/aromatic N) is 2. The normalized spacial score (nSPS) is 16.4. The van der Waals surface area contributed by atoms with Gasteiger partial charge in [0.1, 0.15) is 12.2 Å². The van der Waals surface area contributed by atoms with E-state index in [4.69, 9.17) is 22.1 Å². The van der Waals surface area contributed by atoms with E-state index >= 15 is 4.39 Å². The van der Waals surface area contributed by atoms with Gasteiger partial charge in [-0.1, -0.05) is 0 Å². The SMILES string of the molecule is COC(CO)C(O)C(F)(C#CCl)n1ccc2c(=O)[nH]c(N)nc21. The van der Waals surface area contributed by atoms with Gasteiger partial charge in [-0.2, -0.15) is 4.98 Å². The molecule has 0 radical (unpaired) electrons. The molecule has 0 fully saturated rings. The van der Waals surface area contributed by atoms with Crippen LogP contribution in [-0.4, -0.2) is 50.7 Å². The van der Waals surface area contributed by atoms with Crippen molar-refractivity contribution in [1.29, 1.82) is 0 Å². The predicted molar refractivity (Wildman–Crippen MR) is 81.4 cm³/mol. The quantitative estimate of drug-likeness (QED) is 0.541. The van der Waals surface area contributed by atoms with Crippen molar-refractivity contribution in [3.8, 4) is 11.3 Å². The van der Waals surface area contributed by atoms with E-state index in [1.165, 1.54) is 19.4 Å². The van der Waals surface area contributed by atoms with Crippen molar-refractivity contribution in [3.63, 3.8) is 0 Å². The Hall–Kier alpha value is -2.12. The van der Waals surface area contributed by atoms with Crippen LogP contribution in [0, 0.1) is 11.3 Å². The van der Waals surface area contributed by atoms with Gasteiger partial charge in [0, 0.05) is 18.7 Å². The molecule has 0 aliphatic heterocycles. The van der Waals surface area contributed by atoms with Crippen LogP contribution in [0.1, 0.15) is 0 Å². The molecule has 0 aliphatic carbocycles. The first-order valence-corrected chi connectivity index (χ1v) is 6.77. The predicted octanol–water partition coefficient (Wildman–Crippen LogP) is -0.503. The summed E-state index contributed by atoms with van der Waals surface area (Å²) in [5, 5.41) is 21.3. The first-order chi connectivity index (χ1) is 10.9. The van der Waals surface area contributed by atoms with Gasteiger partial charge in [-0.15, -0.1) is 0 Å². The Labute approximate surface area is 134 Å². The van der Waals surface area contributed by atoms with E-state index in [-0.39, 0.29) is 17.0 Å². The molecule has 2 heterocycles. The summed E-state index contributed by atoms with van der Waals surface area (Å²) >= 11 is 5.31. The lowest BCUT2D eigenvalue weighted by molar-refractivity contribution is -0.117.